The lowest BCUT2D eigenvalue weighted by Gasteiger charge is -2.12. The largest absolute Gasteiger partial charge is 0.573 e. The first-order valence-corrected chi connectivity index (χ1v) is 10.4. The lowest BCUT2D eigenvalue weighted by Crippen LogP contribution is -2.16. The van der Waals surface area contributed by atoms with Gasteiger partial charge in [0.05, 0.1) is 23.3 Å². The van der Waals surface area contributed by atoms with Gasteiger partial charge in [0.1, 0.15) is 28.3 Å². The molecule has 0 aliphatic carbocycles. The van der Waals surface area contributed by atoms with Gasteiger partial charge in [-0.1, -0.05) is 46.4 Å². The van der Waals surface area contributed by atoms with Crippen molar-refractivity contribution in [3.63, 3.8) is 0 Å². The fourth-order valence-electron chi connectivity index (χ4n) is 2.26. The molecular formula is C20H17Cl4F3O4. The molecular weight excluding hydrogens is 503 g/mol. The first-order valence-electron chi connectivity index (χ1n) is 8.88. The molecule has 0 heterocycles. The van der Waals surface area contributed by atoms with Gasteiger partial charge in [-0.2, -0.15) is 0 Å². The summed E-state index contributed by atoms with van der Waals surface area (Å²) in [6, 6.07) is 8.30. The van der Waals surface area contributed by atoms with E-state index in [2.05, 4.69) is 4.74 Å². The van der Waals surface area contributed by atoms with Crippen LogP contribution in [0.15, 0.2) is 47.0 Å². The molecule has 0 atom stereocenters. The van der Waals surface area contributed by atoms with Gasteiger partial charge in [-0.3, -0.25) is 0 Å². The lowest BCUT2D eigenvalue weighted by molar-refractivity contribution is -0.274. The molecule has 0 aliphatic heterocycles. The Morgan fingerprint density at radius 1 is 0.806 bits per heavy atom. The van der Waals surface area contributed by atoms with E-state index in [0.29, 0.717) is 53.3 Å². The van der Waals surface area contributed by atoms with E-state index in [1.54, 1.807) is 12.1 Å². The maximum absolute atomic E-state index is 12.1. The molecule has 0 fully saturated rings. The molecule has 2 aromatic carbocycles. The number of rotatable bonds is 11. The van der Waals surface area contributed by atoms with Gasteiger partial charge in [-0.25, -0.2) is 0 Å². The highest BCUT2D eigenvalue weighted by Crippen LogP contribution is 2.37. The lowest BCUT2D eigenvalue weighted by atomic mass is 10.3. The second-order valence-electron chi connectivity index (χ2n) is 5.94. The van der Waals surface area contributed by atoms with Crippen LogP contribution in [0.25, 0.3) is 0 Å². The molecule has 0 radical (unpaired) electrons. The third-order valence-corrected chi connectivity index (χ3v) is 4.44. The van der Waals surface area contributed by atoms with Crippen LogP contribution in [0, 0.1) is 0 Å². The fraction of sp³-hybridized carbons (Fsp3) is 0.300. The second kappa shape index (κ2) is 12.4. The normalized spacial score (nSPS) is 11.1. The van der Waals surface area contributed by atoms with Crippen molar-refractivity contribution >= 4 is 46.4 Å². The summed E-state index contributed by atoms with van der Waals surface area (Å²) in [6.45, 7) is 0.854. The highest BCUT2D eigenvalue weighted by Gasteiger charge is 2.30. The summed E-state index contributed by atoms with van der Waals surface area (Å²) in [5.41, 5.74) is 0. The molecule has 4 nitrogen and oxygen atoms in total. The summed E-state index contributed by atoms with van der Waals surface area (Å²) in [7, 11) is 0. The molecule has 0 spiro atoms. The topological polar surface area (TPSA) is 36.9 Å². The monoisotopic (exact) mass is 518 g/mol. The minimum Gasteiger partial charge on any atom is -0.494 e. The summed E-state index contributed by atoms with van der Waals surface area (Å²) in [5, 5.41) is 0.585. The molecule has 0 bridgehead atoms. The van der Waals surface area contributed by atoms with Gasteiger partial charge in [0, 0.05) is 12.1 Å². The number of alkyl halides is 3. The van der Waals surface area contributed by atoms with Gasteiger partial charge in [-0.05, 0) is 43.2 Å². The predicted molar refractivity (Wildman–Crippen MR) is 115 cm³/mol. The van der Waals surface area contributed by atoms with Crippen molar-refractivity contribution in [3.05, 3.63) is 57.0 Å². The van der Waals surface area contributed by atoms with Crippen LogP contribution in [0.4, 0.5) is 13.2 Å². The van der Waals surface area contributed by atoms with Crippen molar-refractivity contribution < 1.29 is 32.1 Å². The van der Waals surface area contributed by atoms with Crippen LogP contribution >= 0.6 is 46.4 Å². The Kier molecular flexibility index (Phi) is 10.2. The summed E-state index contributed by atoms with van der Waals surface area (Å²) in [5.74, 6) is 0.899. The zero-order valence-electron chi connectivity index (χ0n) is 15.9. The summed E-state index contributed by atoms with van der Waals surface area (Å²) in [4.78, 5) is 0. The van der Waals surface area contributed by atoms with Crippen LogP contribution in [0.3, 0.4) is 0 Å². The molecule has 31 heavy (non-hydrogen) atoms. The zero-order valence-corrected chi connectivity index (χ0v) is 18.9. The third-order valence-electron chi connectivity index (χ3n) is 3.57. The summed E-state index contributed by atoms with van der Waals surface area (Å²) >= 11 is 23.4. The molecule has 0 amide bonds. The number of hydrogen-bond acceptors (Lipinski definition) is 4. The first-order chi connectivity index (χ1) is 14.6. The molecule has 2 rings (SSSR count). The van der Waals surface area contributed by atoms with E-state index in [0.717, 1.165) is 0 Å². The number of halogens is 7. The molecule has 0 aliphatic rings. The van der Waals surface area contributed by atoms with E-state index in [-0.39, 0.29) is 16.8 Å². The third kappa shape index (κ3) is 9.99. The Balaban J connectivity index is 1.71. The van der Waals surface area contributed by atoms with Crippen LogP contribution < -0.4 is 18.9 Å². The predicted octanol–water partition coefficient (Wildman–Crippen LogP) is 7.83. The Morgan fingerprint density at radius 3 is 1.90 bits per heavy atom. The Labute approximate surface area is 197 Å². The number of unbranched alkanes of at least 4 members (excludes halogenated alkanes) is 1. The van der Waals surface area contributed by atoms with Crippen molar-refractivity contribution in [2.24, 2.45) is 0 Å². The number of benzene rings is 2. The van der Waals surface area contributed by atoms with Gasteiger partial charge >= 0.3 is 6.36 Å². The standard InChI is InChI=1S/C20H17Cl4F3O4/c21-16-11-15(29-10-7-18(23)24)12-17(22)19(16)30-9-2-1-8-28-13-3-5-14(6-4-13)31-20(25,26)27/h3-7,11-12H,1-2,8-10H2. The highest BCUT2D eigenvalue weighted by molar-refractivity contribution is 6.55. The first kappa shape index (κ1) is 25.6. The molecule has 2 aromatic rings. The molecule has 0 saturated heterocycles. The number of hydrogen-bond donors (Lipinski definition) is 0. The van der Waals surface area contributed by atoms with Crippen LogP contribution in [0.2, 0.25) is 10.0 Å². The molecule has 11 heteroatoms. The van der Waals surface area contributed by atoms with Crippen LogP contribution in [0.1, 0.15) is 12.8 Å². The average molecular weight is 520 g/mol. The Bertz CT molecular complexity index is 847. The van der Waals surface area contributed by atoms with Crippen molar-refractivity contribution in [3.8, 4) is 23.0 Å². The quantitative estimate of drug-likeness (QED) is 0.283. The van der Waals surface area contributed by atoms with Crippen molar-refractivity contribution in [1.82, 2.24) is 0 Å². The van der Waals surface area contributed by atoms with Crippen molar-refractivity contribution in [2.75, 3.05) is 19.8 Å². The molecule has 0 aromatic heterocycles. The second-order valence-corrected chi connectivity index (χ2v) is 7.77. The molecule has 170 valence electrons. The SMILES string of the molecule is FC(F)(F)Oc1ccc(OCCCCOc2c(Cl)cc(OCC=C(Cl)Cl)cc2Cl)cc1. The Morgan fingerprint density at radius 2 is 1.35 bits per heavy atom. The van der Waals surface area contributed by atoms with E-state index < -0.39 is 6.36 Å². The maximum Gasteiger partial charge on any atom is 0.573 e. The van der Waals surface area contributed by atoms with Crippen LogP contribution in [-0.4, -0.2) is 26.2 Å². The van der Waals surface area contributed by atoms with E-state index >= 15 is 0 Å². The highest BCUT2D eigenvalue weighted by atomic mass is 35.5. The van der Waals surface area contributed by atoms with Crippen molar-refractivity contribution in [2.45, 2.75) is 19.2 Å². The average Bonchev–Trinajstić information content (AvgIpc) is 2.66. The van der Waals surface area contributed by atoms with Gasteiger partial charge in [0.2, 0.25) is 0 Å². The summed E-state index contributed by atoms with van der Waals surface area (Å²) in [6.07, 6.45) is -1.97. The number of ether oxygens (including phenoxy) is 4. The van der Waals surface area contributed by atoms with Gasteiger partial charge in [0.15, 0.2) is 5.75 Å². The van der Waals surface area contributed by atoms with E-state index in [1.807, 2.05) is 0 Å². The van der Waals surface area contributed by atoms with Crippen LogP contribution in [0.5, 0.6) is 23.0 Å². The summed E-state index contributed by atoms with van der Waals surface area (Å²) < 4.78 is 56.8. The molecule has 0 unspecified atom stereocenters. The molecule has 0 saturated carbocycles. The van der Waals surface area contributed by atoms with Crippen LogP contribution in [-0.2, 0) is 0 Å². The minimum absolute atomic E-state index is 0.0913. The van der Waals surface area contributed by atoms with Gasteiger partial charge in [-0.15, -0.1) is 13.2 Å². The van der Waals surface area contributed by atoms with Gasteiger partial charge < -0.3 is 18.9 Å². The maximum atomic E-state index is 12.1. The smallest absolute Gasteiger partial charge is 0.494 e. The van der Waals surface area contributed by atoms with E-state index in [9.17, 15) is 13.2 Å². The fourth-order valence-corrected chi connectivity index (χ4v) is 2.97. The van der Waals surface area contributed by atoms with Gasteiger partial charge in [0.25, 0.3) is 0 Å². The molecule has 0 N–H and O–H groups in total. The zero-order chi connectivity index (χ0) is 22.9. The van der Waals surface area contributed by atoms with E-state index in [1.165, 1.54) is 30.3 Å². The van der Waals surface area contributed by atoms with E-state index in [4.69, 9.17) is 60.6 Å². The van der Waals surface area contributed by atoms with Crippen molar-refractivity contribution in [1.29, 1.82) is 0 Å². The minimum atomic E-state index is -4.72. The Hall–Kier alpha value is -1.67.